The third kappa shape index (κ3) is 12.1. The molecule has 2 aliphatic heterocycles. The molecule has 14 nitrogen and oxygen atoms in total. The Balaban J connectivity index is 0.000000154. The molecule has 2 fully saturated rings. The quantitative estimate of drug-likeness (QED) is 0.0983. The monoisotopic (exact) mass is 888 g/mol. The number of aromatic amines is 2. The van der Waals surface area contributed by atoms with Crippen molar-refractivity contribution in [1.82, 2.24) is 40.4 Å². The number of aromatic nitrogens is 4. The lowest BCUT2D eigenvalue weighted by molar-refractivity contribution is -0.133. The fourth-order valence-corrected chi connectivity index (χ4v) is 9.72. The van der Waals surface area contributed by atoms with Crippen LogP contribution in [-0.4, -0.2) is 102 Å². The van der Waals surface area contributed by atoms with Crippen LogP contribution in [0.15, 0.2) is 121 Å². The first-order valence-corrected chi connectivity index (χ1v) is 22.3. The lowest BCUT2D eigenvalue weighted by atomic mass is 10.1. The number of carbonyl (C=O) groups excluding carboxylic acids is 4. The molecule has 328 valence electrons. The average molecular weight is 889 g/mol. The van der Waals surface area contributed by atoms with Crippen molar-refractivity contribution in [3.8, 4) is 33.6 Å². The maximum atomic E-state index is 12.5. The molecule has 0 spiro atoms. The van der Waals surface area contributed by atoms with Crippen LogP contribution in [0.2, 0.25) is 0 Å². The molecule has 2 saturated heterocycles. The van der Waals surface area contributed by atoms with Gasteiger partial charge in [0.05, 0.1) is 60.1 Å². The molecule has 3 amide bonds. The number of hydrogen-bond donors (Lipinski definition) is 4. The summed E-state index contributed by atoms with van der Waals surface area (Å²) >= 11 is 3.58. The third-order valence-electron chi connectivity index (χ3n) is 10.5. The number of rotatable bonds is 10. The minimum Gasteiger partial charge on any atom is -0.471 e. The molecule has 4 aromatic heterocycles. The zero-order valence-electron chi connectivity index (χ0n) is 35.5. The van der Waals surface area contributed by atoms with E-state index in [2.05, 4.69) is 75.1 Å². The van der Waals surface area contributed by atoms with Crippen LogP contribution in [0, 0.1) is 0 Å². The molecule has 7 aromatic rings. The van der Waals surface area contributed by atoms with Crippen LogP contribution in [0.4, 0.5) is 4.79 Å². The van der Waals surface area contributed by atoms with Crippen LogP contribution in [0.3, 0.4) is 0 Å². The molecule has 16 heteroatoms. The predicted octanol–water partition coefficient (Wildman–Crippen LogP) is 8.47. The fourth-order valence-electron chi connectivity index (χ4n) is 7.28. The largest absolute Gasteiger partial charge is 0.471 e. The Bertz CT molecular complexity index is 2450. The van der Waals surface area contributed by atoms with E-state index in [1.807, 2.05) is 85.0 Å². The molecule has 0 bridgehead atoms. The van der Waals surface area contributed by atoms with Gasteiger partial charge in [-0.2, -0.15) is 0 Å². The molecule has 9 rings (SSSR count). The first-order valence-electron chi connectivity index (χ1n) is 20.6. The Morgan fingerprint density at radius 2 is 1.13 bits per heavy atom. The smallest absolute Gasteiger partial charge is 0.407 e. The van der Waals surface area contributed by atoms with E-state index in [1.165, 1.54) is 40.3 Å². The van der Waals surface area contributed by atoms with Crippen molar-refractivity contribution in [2.75, 3.05) is 47.4 Å². The van der Waals surface area contributed by atoms with Gasteiger partial charge in [0, 0.05) is 48.1 Å². The molecular weight excluding hydrogens is 837 g/mol. The number of hydrogen-bond acceptors (Lipinski definition) is 11. The maximum absolute atomic E-state index is 12.5. The number of amides is 3. The Morgan fingerprint density at radius 1 is 0.667 bits per heavy atom. The van der Waals surface area contributed by atoms with Crippen LogP contribution < -0.4 is 10.6 Å². The predicted molar refractivity (Wildman–Crippen MR) is 248 cm³/mol. The molecule has 2 atom stereocenters. The lowest BCUT2D eigenvalue weighted by Crippen LogP contribution is -2.41. The molecule has 2 unspecified atom stereocenters. The summed E-state index contributed by atoms with van der Waals surface area (Å²) in [6, 6.07) is 26.9. The van der Waals surface area contributed by atoms with Crippen molar-refractivity contribution in [3.63, 3.8) is 0 Å². The number of ether oxygens (including phenoxy) is 2. The number of likely N-dealkylation sites (N-methyl/N-ethyl adjacent to an activating group) is 1. The van der Waals surface area contributed by atoms with E-state index < -0.39 is 12.1 Å². The summed E-state index contributed by atoms with van der Waals surface area (Å²) in [5, 5.41) is 10.2. The van der Waals surface area contributed by atoms with Crippen LogP contribution in [0.1, 0.15) is 48.9 Å². The molecule has 0 radical (unpaired) electrons. The number of benzene rings is 3. The second kappa shape index (κ2) is 23.6. The lowest BCUT2D eigenvalue weighted by Gasteiger charge is -2.23. The van der Waals surface area contributed by atoms with Crippen LogP contribution in [0.25, 0.3) is 43.0 Å². The standard InChI is InChI=1S/C18H12N4S2.C14H18N2O3.C13H18N2O.C2H4O2/c1-3-12(15-5-19-9-21-15)4-2-11(1)13-7-23-18-14(8-24-17(13)18)16-6-20-10-22-16;1-19-14(18)15-12(11-7-3-2-4-8-11)13(17)16-9-5-6-10-16;1-14-12(11-7-3-2-4-8-11)13(16)15-9-5-6-10-15;1-4-2-3/h1-10H,(H,19,21)(H,20,22);2-4,7-8,12H,5-6,9-10H2,1H3,(H,15,18);2-4,7-8,12,14H,5-6,9-10H2,1H3;2H,1H3. The van der Waals surface area contributed by atoms with E-state index in [9.17, 15) is 14.4 Å². The molecule has 3 aromatic carbocycles. The molecular formula is C47H52N8O6S2. The number of carbonyl (C=O) groups is 4. The number of thiophene rings is 2. The number of alkyl carbamates (subject to hydrolysis) is 1. The van der Waals surface area contributed by atoms with Crippen molar-refractivity contribution in [2.24, 2.45) is 0 Å². The zero-order chi connectivity index (χ0) is 44.4. The summed E-state index contributed by atoms with van der Waals surface area (Å²) < 4.78 is 11.1. The van der Waals surface area contributed by atoms with Crippen LogP contribution in [-0.2, 0) is 23.9 Å². The van der Waals surface area contributed by atoms with Crippen LogP contribution >= 0.6 is 22.7 Å². The fraction of sp³-hybridized carbons (Fsp3) is 0.277. The maximum Gasteiger partial charge on any atom is 0.407 e. The van der Waals surface area contributed by atoms with Gasteiger partial charge in [-0.15, -0.1) is 22.7 Å². The first kappa shape index (κ1) is 45.9. The second-order valence-corrected chi connectivity index (χ2v) is 16.2. The third-order valence-corrected chi connectivity index (χ3v) is 12.7. The molecule has 6 heterocycles. The summed E-state index contributed by atoms with van der Waals surface area (Å²) in [4.78, 5) is 63.3. The van der Waals surface area contributed by atoms with Gasteiger partial charge in [-0.3, -0.25) is 14.4 Å². The highest BCUT2D eigenvalue weighted by atomic mass is 32.1. The van der Waals surface area contributed by atoms with Gasteiger partial charge in [0.2, 0.25) is 11.8 Å². The number of fused-ring (bicyclic) bond motifs is 1. The highest BCUT2D eigenvalue weighted by Crippen LogP contribution is 2.43. The van der Waals surface area contributed by atoms with Gasteiger partial charge in [-0.05, 0) is 55.0 Å². The summed E-state index contributed by atoms with van der Waals surface area (Å²) in [5.41, 5.74) is 8.83. The minimum absolute atomic E-state index is 0.0749. The average Bonchev–Trinajstić information content (AvgIpc) is 4.19. The topological polar surface area (TPSA) is 175 Å². The van der Waals surface area contributed by atoms with E-state index in [-0.39, 0.29) is 17.9 Å². The van der Waals surface area contributed by atoms with E-state index in [1.54, 1.807) is 40.2 Å². The van der Waals surface area contributed by atoms with Crippen molar-refractivity contribution in [1.29, 1.82) is 0 Å². The number of likely N-dealkylation sites (tertiary alicyclic amines) is 2. The molecule has 0 aliphatic carbocycles. The normalized spacial score (nSPS) is 13.9. The highest BCUT2D eigenvalue weighted by molar-refractivity contribution is 7.27. The SMILES string of the molecule is CNC(C(=O)N1CCCC1)c1ccccc1.COC(=O)NC(C(=O)N1CCCC1)c1ccccc1.COC=O.c1ncc(-c2ccc(-c3csc4c(-c5cnc[nH]5)csc34)cc2)[nH]1. The highest BCUT2D eigenvalue weighted by Gasteiger charge is 2.29. The number of H-pyrrole nitrogens is 2. The minimum atomic E-state index is -0.674. The van der Waals surface area contributed by atoms with Gasteiger partial charge in [0.25, 0.3) is 6.47 Å². The van der Waals surface area contributed by atoms with Gasteiger partial charge >= 0.3 is 6.09 Å². The van der Waals surface area contributed by atoms with E-state index >= 15 is 0 Å². The summed E-state index contributed by atoms with van der Waals surface area (Å²) in [5.74, 6) is 0.125. The first-order chi connectivity index (χ1) is 30.9. The van der Waals surface area contributed by atoms with Crippen LogP contribution in [0.5, 0.6) is 0 Å². The molecule has 0 saturated carbocycles. The second-order valence-electron chi connectivity index (χ2n) is 14.5. The van der Waals surface area contributed by atoms with Gasteiger partial charge in [-0.1, -0.05) is 84.9 Å². The Kier molecular flexibility index (Phi) is 17.2. The summed E-state index contributed by atoms with van der Waals surface area (Å²) in [7, 11) is 4.44. The van der Waals surface area contributed by atoms with Gasteiger partial charge < -0.3 is 39.9 Å². The van der Waals surface area contributed by atoms with Crippen molar-refractivity contribution in [3.05, 3.63) is 132 Å². The summed E-state index contributed by atoms with van der Waals surface area (Å²) in [6.07, 6.45) is 10.9. The Hall–Kier alpha value is -6.62. The zero-order valence-corrected chi connectivity index (χ0v) is 37.1. The number of nitrogens with one attached hydrogen (secondary N) is 4. The van der Waals surface area contributed by atoms with Crippen molar-refractivity contribution >= 4 is 56.5 Å². The van der Waals surface area contributed by atoms with Crippen molar-refractivity contribution in [2.45, 2.75) is 37.8 Å². The van der Waals surface area contributed by atoms with E-state index in [0.29, 0.717) is 6.47 Å². The van der Waals surface area contributed by atoms with E-state index in [0.717, 1.165) is 79.9 Å². The van der Waals surface area contributed by atoms with Gasteiger partial charge in [0.15, 0.2) is 0 Å². The van der Waals surface area contributed by atoms with Gasteiger partial charge in [-0.25, -0.2) is 14.8 Å². The van der Waals surface area contributed by atoms with Gasteiger partial charge in [0.1, 0.15) is 12.1 Å². The number of imidazole rings is 2. The van der Waals surface area contributed by atoms with Crippen molar-refractivity contribution < 1.29 is 28.7 Å². The molecule has 63 heavy (non-hydrogen) atoms. The molecule has 4 N–H and O–H groups in total. The Labute approximate surface area is 374 Å². The number of nitrogens with zero attached hydrogens (tertiary/aromatic N) is 4. The summed E-state index contributed by atoms with van der Waals surface area (Å²) in [6.45, 7) is 3.70. The Morgan fingerprint density at radius 3 is 1.60 bits per heavy atom. The number of methoxy groups -OCH3 is 2. The van der Waals surface area contributed by atoms with E-state index in [4.69, 9.17) is 4.79 Å². The molecule has 2 aliphatic rings.